The molecule has 0 N–H and O–H groups in total. The largest absolute Gasteiger partial charge is 0.525 e. The number of carbonyl (C=O) groups is 1. The predicted octanol–water partition coefficient (Wildman–Crippen LogP) is -0.0442. The maximum Gasteiger partial charge on any atom is 0.358 e. The Kier molecular flexibility index (Phi) is 4.02. The third kappa shape index (κ3) is 2.09. The van der Waals surface area contributed by atoms with Crippen LogP contribution in [-0.2, 0) is 24.5 Å². The molecule has 0 aliphatic rings. The lowest BCUT2D eigenvalue weighted by atomic mass is 10.1. The minimum absolute atomic E-state index is 0.304. The molecular weight excluding hydrogens is 212 g/mol. The van der Waals surface area contributed by atoms with Crippen LogP contribution in [0.2, 0.25) is 0 Å². The average Bonchev–Trinajstić information content (AvgIpc) is 2.32. The van der Waals surface area contributed by atoms with Crippen molar-refractivity contribution in [2.24, 2.45) is 0 Å². The van der Waals surface area contributed by atoms with E-state index in [-0.39, 0.29) is 0 Å². The van der Waals surface area contributed by atoms with E-state index in [1.807, 2.05) is 18.2 Å². The van der Waals surface area contributed by atoms with Crippen molar-refractivity contribution >= 4 is 16.5 Å². The maximum atomic E-state index is 11.7. The van der Waals surface area contributed by atoms with Gasteiger partial charge in [0, 0.05) is 19.8 Å². The molecule has 0 unspecified atom stereocenters. The minimum atomic E-state index is -1.44. The summed E-state index contributed by atoms with van der Waals surface area (Å²) in [5.41, 5.74) is 0.621. The van der Waals surface area contributed by atoms with Crippen molar-refractivity contribution in [2.45, 2.75) is 5.79 Å². The van der Waals surface area contributed by atoms with Crippen molar-refractivity contribution < 1.29 is 18.7 Å². The number of benzene rings is 1. The lowest BCUT2D eigenvalue weighted by Crippen LogP contribution is -2.40. The summed E-state index contributed by atoms with van der Waals surface area (Å²) in [5.74, 6) is -1.96. The van der Waals surface area contributed by atoms with Crippen LogP contribution in [0.15, 0.2) is 30.3 Å². The van der Waals surface area contributed by atoms with Crippen LogP contribution in [-0.4, -0.2) is 30.7 Å². The highest BCUT2D eigenvalue weighted by Gasteiger charge is 2.41. The second-order valence-electron chi connectivity index (χ2n) is 2.88. The van der Waals surface area contributed by atoms with Crippen molar-refractivity contribution in [3.05, 3.63) is 35.9 Å². The zero-order valence-electron chi connectivity index (χ0n) is 9.02. The van der Waals surface area contributed by atoms with E-state index in [9.17, 15) is 4.79 Å². The molecular formula is C10H14O4Si. The number of hydrogen-bond acceptors (Lipinski definition) is 4. The molecule has 5 heteroatoms. The van der Waals surface area contributed by atoms with Crippen molar-refractivity contribution in [3.8, 4) is 0 Å². The summed E-state index contributed by atoms with van der Waals surface area (Å²) in [6.07, 6.45) is 0. The molecule has 82 valence electrons. The van der Waals surface area contributed by atoms with E-state index < -0.39 is 11.8 Å². The van der Waals surface area contributed by atoms with E-state index in [2.05, 4.69) is 0 Å². The normalized spacial score (nSPS) is 11.3. The zero-order valence-corrected chi connectivity index (χ0v) is 11.0. The summed E-state index contributed by atoms with van der Waals surface area (Å²) in [5, 5.41) is 0. The highest BCUT2D eigenvalue weighted by atomic mass is 28.2. The van der Waals surface area contributed by atoms with Crippen molar-refractivity contribution in [3.63, 3.8) is 0 Å². The van der Waals surface area contributed by atoms with Crippen molar-refractivity contribution in [1.29, 1.82) is 0 Å². The molecule has 0 amide bonds. The van der Waals surface area contributed by atoms with Crippen LogP contribution in [0.1, 0.15) is 5.56 Å². The second kappa shape index (κ2) is 5.06. The topological polar surface area (TPSA) is 44.8 Å². The minimum Gasteiger partial charge on any atom is -0.525 e. The summed E-state index contributed by atoms with van der Waals surface area (Å²) in [4.78, 5) is 11.7. The lowest BCUT2D eigenvalue weighted by molar-refractivity contribution is -0.228. The van der Waals surface area contributed by atoms with E-state index in [1.165, 1.54) is 14.2 Å². The molecule has 0 atom stereocenters. The van der Waals surface area contributed by atoms with E-state index in [1.54, 1.807) is 12.1 Å². The lowest BCUT2D eigenvalue weighted by Gasteiger charge is -2.28. The van der Waals surface area contributed by atoms with Gasteiger partial charge in [-0.3, -0.25) is 0 Å². The summed E-state index contributed by atoms with van der Waals surface area (Å²) in [6.45, 7) is 0. The first-order chi connectivity index (χ1) is 7.21. The quantitative estimate of drug-likeness (QED) is 0.533. The fourth-order valence-electron chi connectivity index (χ4n) is 1.40. The Morgan fingerprint density at radius 2 is 1.73 bits per heavy atom. The highest BCUT2D eigenvalue weighted by molar-refractivity contribution is 6.06. The smallest absolute Gasteiger partial charge is 0.358 e. The summed E-state index contributed by atoms with van der Waals surface area (Å²) >= 11 is 0. The molecule has 0 aliphatic heterocycles. The van der Waals surface area contributed by atoms with Gasteiger partial charge in [0.05, 0.1) is 0 Å². The predicted molar refractivity (Wildman–Crippen MR) is 58.2 cm³/mol. The average molecular weight is 226 g/mol. The molecule has 0 heterocycles. The van der Waals surface area contributed by atoms with E-state index in [0.717, 1.165) is 0 Å². The molecule has 0 saturated heterocycles. The van der Waals surface area contributed by atoms with E-state index in [4.69, 9.17) is 13.9 Å². The van der Waals surface area contributed by atoms with Gasteiger partial charge in [-0.25, -0.2) is 4.79 Å². The number of carbonyl (C=O) groups excluding carboxylic acids is 1. The fourth-order valence-corrected chi connectivity index (χ4v) is 1.66. The molecule has 1 rings (SSSR count). The van der Waals surface area contributed by atoms with Crippen LogP contribution in [0, 0.1) is 0 Å². The van der Waals surface area contributed by atoms with Gasteiger partial charge in [-0.05, 0) is 0 Å². The van der Waals surface area contributed by atoms with Gasteiger partial charge in [0.15, 0.2) is 0 Å². The molecule has 0 aliphatic carbocycles. The standard InChI is InChI=1S/C10H14O4Si/c1-12-10(13-2,9(11)14-15)8-6-4-3-5-7-8/h3-7H,1-2,15H3. The van der Waals surface area contributed by atoms with Crippen LogP contribution in [0.3, 0.4) is 0 Å². The number of ether oxygens (including phenoxy) is 2. The monoisotopic (exact) mass is 226 g/mol. The Labute approximate surface area is 91.7 Å². The fraction of sp³-hybridized carbons (Fsp3) is 0.300. The van der Waals surface area contributed by atoms with Gasteiger partial charge in [-0.2, -0.15) is 0 Å². The van der Waals surface area contributed by atoms with Crippen LogP contribution in [0.5, 0.6) is 0 Å². The molecule has 4 nitrogen and oxygen atoms in total. The maximum absolute atomic E-state index is 11.7. The van der Waals surface area contributed by atoms with E-state index >= 15 is 0 Å². The Hall–Kier alpha value is -1.17. The molecule has 0 radical (unpaired) electrons. The van der Waals surface area contributed by atoms with E-state index in [0.29, 0.717) is 16.0 Å². The second-order valence-corrected chi connectivity index (χ2v) is 3.29. The molecule has 0 aromatic heterocycles. The van der Waals surface area contributed by atoms with Gasteiger partial charge in [-0.15, -0.1) is 0 Å². The molecule has 1 aromatic rings. The molecule has 0 saturated carbocycles. The van der Waals surface area contributed by atoms with Gasteiger partial charge in [0.25, 0.3) is 5.79 Å². The van der Waals surface area contributed by atoms with Crippen molar-refractivity contribution in [2.75, 3.05) is 14.2 Å². The van der Waals surface area contributed by atoms with Crippen LogP contribution >= 0.6 is 0 Å². The number of methoxy groups -OCH3 is 2. The Morgan fingerprint density at radius 3 is 2.13 bits per heavy atom. The van der Waals surface area contributed by atoms with Crippen molar-refractivity contribution in [1.82, 2.24) is 0 Å². The number of rotatable bonds is 4. The van der Waals surface area contributed by atoms with Gasteiger partial charge in [0.2, 0.25) is 10.5 Å². The first-order valence-corrected chi connectivity index (χ1v) is 5.27. The summed E-state index contributed by atoms with van der Waals surface area (Å²) in [6, 6.07) is 8.98. The van der Waals surface area contributed by atoms with Crippen LogP contribution in [0.4, 0.5) is 0 Å². The molecule has 0 fully saturated rings. The zero-order chi connectivity index (χ0) is 11.3. The molecule has 0 bridgehead atoms. The van der Waals surface area contributed by atoms with Crippen LogP contribution < -0.4 is 0 Å². The third-order valence-corrected chi connectivity index (χ3v) is 2.55. The molecule has 1 aromatic carbocycles. The third-order valence-electron chi connectivity index (χ3n) is 2.18. The first kappa shape index (κ1) is 11.9. The highest BCUT2D eigenvalue weighted by Crippen LogP contribution is 2.27. The van der Waals surface area contributed by atoms with Gasteiger partial charge in [-0.1, -0.05) is 30.3 Å². The van der Waals surface area contributed by atoms with Gasteiger partial charge >= 0.3 is 5.97 Å². The molecule has 0 spiro atoms. The Morgan fingerprint density at radius 1 is 1.20 bits per heavy atom. The SMILES string of the molecule is COC(OC)(C(=O)O[SiH3])c1ccccc1. The summed E-state index contributed by atoms with van der Waals surface area (Å²) < 4.78 is 15.1. The van der Waals surface area contributed by atoms with Gasteiger partial charge in [0.1, 0.15) is 0 Å². The van der Waals surface area contributed by atoms with Crippen LogP contribution in [0.25, 0.3) is 0 Å². The Bertz CT molecular complexity index is 321. The molecule has 15 heavy (non-hydrogen) atoms. The summed E-state index contributed by atoms with van der Waals surface area (Å²) in [7, 11) is 3.13. The first-order valence-electron chi connectivity index (χ1n) is 4.45. The van der Waals surface area contributed by atoms with Gasteiger partial charge < -0.3 is 13.9 Å². The Balaban J connectivity index is 3.17. The number of hydrogen-bond donors (Lipinski definition) is 0.